The normalized spacial score (nSPS) is 29.2. The molecule has 76 valence electrons. The summed E-state index contributed by atoms with van der Waals surface area (Å²) < 4.78 is 10.8. The van der Waals surface area contributed by atoms with Gasteiger partial charge >= 0.3 is 0 Å². The molecule has 0 N–H and O–H groups in total. The van der Waals surface area contributed by atoms with Gasteiger partial charge in [0.15, 0.2) is 0 Å². The van der Waals surface area contributed by atoms with E-state index in [-0.39, 0.29) is 11.0 Å². The van der Waals surface area contributed by atoms with E-state index in [2.05, 4.69) is 0 Å². The Hall–Kier alpha value is -0.410. The minimum atomic E-state index is -0.316. The number of hydrogen-bond acceptors (Lipinski definition) is 3. The molecule has 1 rings (SSSR count). The number of ether oxygens (including phenoxy) is 2. The van der Waals surface area contributed by atoms with E-state index in [0.29, 0.717) is 6.61 Å². The van der Waals surface area contributed by atoms with Gasteiger partial charge in [-0.25, -0.2) is 0 Å². The lowest BCUT2D eigenvalue weighted by Gasteiger charge is -2.31. The van der Waals surface area contributed by atoms with Gasteiger partial charge in [0.25, 0.3) is 0 Å². The van der Waals surface area contributed by atoms with Gasteiger partial charge in [-0.05, 0) is 6.42 Å². The summed E-state index contributed by atoms with van der Waals surface area (Å²) in [7, 11) is 1.69. The summed E-state index contributed by atoms with van der Waals surface area (Å²) in [5.41, 5.74) is -0.548. The van der Waals surface area contributed by atoms with Crippen LogP contribution in [-0.2, 0) is 14.3 Å². The third kappa shape index (κ3) is 2.51. The van der Waals surface area contributed by atoms with Crippen LogP contribution in [0.15, 0.2) is 0 Å². The van der Waals surface area contributed by atoms with E-state index in [1.807, 2.05) is 13.8 Å². The Morgan fingerprint density at radius 1 is 1.62 bits per heavy atom. The Bertz CT molecular complexity index is 181. The minimum absolute atomic E-state index is 0.232. The van der Waals surface area contributed by atoms with Gasteiger partial charge in [-0.2, -0.15) is 0 Å². The Kier molecular flexibility index (Phi) is 3.09. The second kappa shape index (κ2) is 3.76. The second-order valence-corrected chi connectivity index (χ2v) is 4.47. The monoisotopic (exact) mass is 186 g/mol. The smallest absolute Gasteiger partial charge is 0.125 e. The van der Waals surface area contributed by atoms with Crippen LogP contribution in [-0.4, -0.2) is 32.2 Å². The molecule has 0 aromatic heterocycles. The topological polar surface area (TPSA) is 35.5 Å². The average Bonchev–Trinajstić information content (AvgIpc) is 2.53. The second-order valence-electron chi connectivity index (χ2n) is 4.47. The third-order valence-corrected chi connectivity index (χ3v) is 2.60. The van der Waals surface area contributed by atoms with E-state index in [1.54, 1.807) is 7.11 Å². The van der Waals surface area contributed by atoms with Crippen LogP contribution >= 0.6 is 0 Å². The highest BCUT2D eigenvalue weighted by molar-refractivity contribution is 5.58. The first-order chi connectivity index (χ1) is 6.04. The number of hydrogen-bond donors (Lipinski definition) is 0. The number of carbonyl (C=O) groups excluding carboxylic acids is 1. The Labute approximate surface area is 79.4 Å². The van der Waals surface area contributed by atoms with E-state index < -0.39 is 0 Å². The molecule has 0 aromatic carbocycles. The summed E-state index contributed by atoms with van der Waals surface area (Å²) in [5, 5.41) is 0. The number of methoxy groups -OCH3 is 1. The Morgan fingerprint density at radius 3 is 2.69 bits per heavy atom. The predicted molar refractivity (Wildman–Crippen MR) is 49.6 cm³/mol. The summed E-state index contributed by atoms with van der Waals surface area (Å²) in [4.78, 5) is 10.8. The molecule has 1 heterocycles. The lowest BCUT2D eigenvalue weighted by molar-refractivity contribution is -0.119. The first kappa shape index (κ1) is 10.7. The van der Waals surface area contributed by atoms with E-state index in [9.17, 15) is 4.79 Å². The van der Waals surface area contributed by atoms with Crippen LogP contribution in [0.2, 0.25) is 0 Å². The molecule has 0 bridgehead atoms. The number of carbonyl (C=O) groups is 1. The molecule has 1 aliphatic heterocycles. The highest BCUT2D eigenvalue weighted by Crippen LogP contribution is 2.34. The lowest BCUT2D eigenvalue weighted by atomic mass is 9.81. The highest BCUT2D eigenvalue weighted by Gasteiger charge is 2.39. The summed E-state index contributed by atoms with van der Waals surface area (Å²) in [6, 6.07) is 0. The maximum absolute atomic E-state index is 10.8. The van der Waals surface area contributed by atoms with Gasteiger partial charge in [0.1, 0.15) is 6.29 Å². The first-order valence-electron chi connectivity index (χ1n) is 4.63. The van der Waals surface area contributed by atoms with Crippen molar-refractivity contribution in [2.24, 2.45) is 5.41 Å². The molecule has 3 heteroatoms. The largest absolute Gasteiger partial charge is 0.378 e. The minimum Gasteiger partial charge on any atom is -0.378 e. The van der Waals surface area contributed by atoms with Gasteiger partial charge < -0.3 is 14.3 Å². The van der Waals surface area contributed by atoms with E-state index in [1.165, 1.54) is 0 Å². The van der Waals surface area contributed by atoms with Crippen molar-refractivity contribution in [1.82, 2.24) is 0 Å². The first-order valence-corrected chi connectivity index (χ1v) is 4.63. The molecule has 0 amide bonds. The fourth-order valence-corrected chi connectivity index (χ4v) is 1.83. The van der Waals surface area contributed by atoms with Crippen molar-refractivity contribution < 1.29 is 14.3 Å². The molecule has 0 saturated carbocycles. The van der Waals surface area contributed by atoms with Gasteiger partial charge in [-0.1, -0.05) is 13.8 Å². The molecule has 0 spiro atoms. The molecule has 1 fully saturated rings. The summed E-state index contributed by atoms with van der Waals surface area (Å²) in [6.45, 7) is 5.21. The molecule has 13 heavy (non-hydrogen) atoms. The quantitative estimate of drug-likeness (QED) is 0.623. The number of rotatable bonds is 4. The predicted octanol–water partition coefficient (Wildman–Crippen LogP) is 1.41. The van der Waals surface area contributed by atoms with Crippen molar-refractivity contribution in [3.8, 4) is 0 Å². The Balaban J connectivity index is 2.62. The van der Waals surface area contributed by atoms with Crippen LogP contribution < -0.4 is 0 Å². The van der Waals surface area contributed by atoms with E-state index >= 15 is 0 Å². The Morgan fingerprint density at radius 2 is 2.31 bits per heavy atom. The maximum Gasteiger partial charge on any atom is 0.125 e. The zero-order chi connectivity index (χ0) is 9.95. The lowest BCUT2D eigenvalue weighted by Crippen LogP contribution is -2.37. The van der Waals surface area contributed by atoms with Crippen LogP contribution in [0.25, 0.3) is 0 Å². The van der Waals surface area contributed by atoms with Gasteiger partial charge in [0.05, 0.1) is 12.2 Å². The van der Waals surface area contributed by atoms with E-state index in [4.69, 9.17) is 9.47 Å². The fraction of sp³-hybridized carbons (Fsp3) is 0.900. The van der Waals surface area contributed by atoms with Crippen molar-refractivity contribution >= 4 is 6.29 Å². The molecule has 3 nitrogen and oxygen atoms in total. The van der Waals surface area contributed by atoms with Crippen molar-refractivity contribution in [1.29, 1.82) is 0 Å². The molecule has 0 aliphatic carbocycles. The van der Waals surface area contributed by atoms with Crippen LogP contribution in [0.1, 0.15) is 26.7 Å². The molecule has 1 unspecified atom stereocenters. The molecule has 0 radical (unpaired) electrons. The standard InChI is InChI=1S/C10H18O3/c1-9(2,7-11)6-10(12-3)4-5-13-8-10/h7H,4-6,8H2,1-3H3. The molecule has 1 saturated heterocycles. The average molecular weight is 186 g/mol. The van der Waals surface area contributed by atoms with Gasteiger partial charge in [-0.15, -0.1) is 0 Å². The van der Waals surface area contributed by atoms with Crippen LogP contribution in [0.4, 0.5) is 0 Å². The molecular formula is C10H18O3. The summed E-state index contributed by atoms with van der Waals surface area (Å²) in [5.74, 6) is 0. The maximum atomic E-state index is 10.8. The van der Waals surface area contributed by atoms with Gasteiger partial charge in [0, 0.05) is 25.6 Å². The van der Waals surface area contributed by atoms with Crippen molar-refractivity contribution in [2.75, 3.05) is 20.3 Å². The third-order valence-electron chi connectivity index (χ3n) is 2.60. The zero-order valence-corrected chi connectivity index (χ0v) is 8.63. The van der Waals surface area contributed by atoms with Crippen molar-refractivity contribution in [3.63, 3.8) is 0 Å². The highest BCUT2D eigenvalue weighted by atomic mass is 16.5. The molecule has 0 aromatic rings. The number of aldehydes is 1. The summed E-state index contributed by atoms with van der Waals surface area (Å²) in [6.07, 6.45) is 2.62. The van der Waals surface area contributed by atoms with Crippen LogP contribution in [0.3, 0.4) is 0 Å². The van der Waals surface area contributed by atoms with Crippen LogP contribution in [0.5, 0.6) is 0 Å². The van der Waals surface area contributed by atoms with E-state index in [0.717, 1.165) is 25.7 Å². The summed E-state index contributed by atoms with van der Waals surface area (Å²) >= 11 is 0. The molecule has 1 aliphatic rings. The molecular weight excluding hydrogens is 168 g/mol. The van der Waals surface area contributed by atoms with Gasteiger partial charge in [-0.3, -0.25) is 0 Å². The molecule has 1 atom stereocenters. The zero-order valence-electron chi connectivity index (χ0n) is 8.63. The van der Waals surface area contributed by atoms with Gasteiger partial charge in [0.2, 0.25) is 0 Å². The van der Waals surface area contributed by atoms with Crippen LogP contribution in [0, 0.1) is 5.41 Å². The van der Waals surface area contributed by atoms with Crippen molar-refractivity contribution in [3.05, 3.63) is 0 Å². The van der Waals surface area contributed by atoms with Crippen molar-refractivity contribution in [2.45, 2.75) is 32.3 Å². The SMILES string of the molecule is COC1(CC(C)(C)C=O)CCOC1. The fourth-order valence-electron chi connectivity index (χ4n) is 1.83.